The smallest absolute Gasteiger partial charge is 0.200 e. The molecule has 0 saturated heterocycles. The van der Waals surface area contributed by atoms with Crippen LogP contribution in [0.2, 0.25) is 0 Å². The Morgan fingerprint density at radius 1 is 1.21 bits per heavy atom. The van der Waals surface area contributed by atoms with Crippen LogP contribution in [-0.4, -0.2) is 22.8 Å². The molecule has 1 aromatic carbocycles. The van der Waals surface area contributed by atoms with Gasteiger partial charge < -0.3 is 19.8 Å². The molecule has 2 N–H and O–H groups in total. The molecule has 1 aromatic heterocycles. The van der Waals surface area contributed by atoms with Crippen LogP contribution >= 0.6 is 0 Å². The summed E-state index contributed by atoms with van der Waals surface area (Å²) in [6.45, 7) is 3.34. The fourth-order valence-corrected chi connectivity index (χ4v) is 2.37. The summed E-state index contributed by atoms with van der Waals surface area (Å²) in [5.41, 5.74) is 8.79. The molecule has 0 saturated carbocycles. The van der Waals surface area contributed by atoms with Gasteiger partial charge in [-0.25, -0.2) is 4.98 Å². The predicted molar refractivity (Wildman–Crippen MR) is 73.4 cm³/mol. The molecule has 3 rings (SSSR count). The number of benzene rings is 1. The summed E-state index contributed by atoms with van der Waals surface area (Å²) < 4.78 is 13.2. The van der Waals surface area contributed by atoms with Crippen LogP contribution in [-0.2, 0) is 7.05 Å². The third kappa shape index (κ3) is 2.01. The van der Waals surface area contributed by atoms with E-state index in [1.807, 2.05) is 36.7 Å². The van der Waals surface area contributed by atoms with Gasteiger partial charge >= 0.3 is 0 Å². The maximum atomic E-state index is 5.84. The van der Waals surface area contributed by atoms with Crippen molar-refractivity contribution in [1.29, 1.82) is 0 Å². The number of rotatable bonds is 1. The van der Waals surface area contributed by atoms with Gasteiger partial charge in [-0.3, -0.25) is 0 Å². The number of fused-ring (bicyclic) bond motifs is 1. The Morgan fingerprint density at radius 3 is 2.63 bits per heavy atom. The van der Waals surface area contributed by atoms with E-state index in [9.17, 15) is 0 Å². The average molecular weight is 259 g/mol. The molecule has 0 amide bonds. The number of ether oxygens (including phenoxy) is 2. The number of nitrogen functional groups attached to an aromatic ring is 1. The molecule has 0 radical (unpaired) electrons. The van der Waals surface area contributed by atoms with Gasteiger partial charge in [0, 0.05) is 19.0 Å². The summed E-state index contributed by atoms with van der Waals surface area (Å²) in [6, 6.07) is 5.94. The number of nitrogens with two attached hydrogens (primary N) is 1. The Kier molecular flexibility index (Phi) is 2.81. The van der Waals surface area contributed by atoms with Crippen LogP contribution < -0.4 is 15.2 Å². The fourth-order valence-electron chi connectivity index (χ4n) is 2.37. The third-order valence-corrected chi connectivity index (χ3v) is 3.32. The molecule has 1 aliphatic rings. The van der Waals surface area contributed by atoms with Crippen LogP contribution in [0.3, 0.4) is 0 Å². The van der Waals surface area contributed by atoms with Gasteiger partial charge in [0.25, 0.3) is 0 Å². The van der Waals surface area contributed by atoms with Crippen molar-refractivity contribution in [3.63, 3.8) is 0 Å². The highest BCUT2D eigenvalue weighted by Gasteiger charge is 2.15. The summed E-state index contributed by atoms with van der Waals surface area (Å²) in [4.78, 5) is 4.29. The molecule has 0 unspecified atom stereocenters. The standard InChI is InChI=1S/C14H17N3O2/c1-9-13(17(2)14(15)16-9)10-4-5-11-12(8-10)19-7-3-6-18-11/h4-5,8H,3,6-7H2,1-2H3,(H2,15,16). The molecule has 0 atom stereocenters. The van der Waals surface area contributed by atoms with Crippen molar-refractivity contribution in [3.05, 3.63) is 23.9 Å². The lowest BCUT2D eigenvalue weighted by atomic mass is 10.1. The highest BCUT2D eigenvalue weighted by Crippen LogP contribution is 2.35. The van der Waals surface area contributed by atoms with Gasteiger partial charge in [-0.1, -0.05) is 0 Å². The van der Waals surface area contributed by atoms with Crippen LogP contribution in [0, 0.1) is 6.92 Å². The fraction of sp³-hybridized carbons (Fsp3) is 0.357. The maximum Gasteiger partial charge on any atom is 0.200 e. The van der Waals surface area contributed by atoms with Gasteiger partial charge in [-0.15, -0.1) is 0 Å². The van der Waals surface area contributed by atoms with E-state index < -0.39 is 0 Å². The molecule has 2 heterocycles. The topological polar surface area (TPSA) is 62.3 Å². The molecule has 0 aliphatic carbocycles. The Balaban J connectivity index is 2.09. The molecule has 0 spiro atoms. The van der Waals surface area contributed by atoms with E-state index >= 15 is 0 Å². The Hall–Kier alpha value is -2.17. The van der Waals surface area contributed by atoms with Gasteiger partial charge in [0.2, 0.25) is 5.95 Å². The minimum absolute atomic E-state index is 0.514. The minimum atomic E-state index is 0.514. The maximum absolute atomic E-state index is 5.84. The van der Waals surface area contributed by atoms with E-state index in [4.69, 9.17) is 15.2 Å². The van der Waals surface area contributed by atoms with E-state index in [2.05, 4.69) is 4.98 Å². The number of hydrogen-bond donors (Lipinski definition) is 1. The summed E-state index contributed by atoms with van der Waals surface area (Å²) in [5.74, 6) is 2.10. The van der Waals surface area contributed by atoms with E-state index in [1.54, 1.807) is 0 Å². The molecular formula is C14H17N3O2. The van der Waals surface area contributed by atoms with Gasteiger partial charge in [0.05, 0.1) is 24.6 Å². The molecule has 2 aromatic rings. The second kappa shape index (κ2) is 4.50. The first-order valence-corrected chi connectivity index (χ1v) is 6.35. The minimum Gasteiger partial charge on any atom is -0.490 e. The Morgan fingerprint density at radius 2 is 1.95 bits per heavy atom. The van der Waals surface area contributed by atoms with Crippen molar-refractivity contribution in [1.82, 2.24) is 9.55 Å². The number of aryl methyl sites for hydroxylation is 1. The Labute approximate surface area is 112 Å². The summed E-state index contributed by atoms with van der Waals surface area (Å²) in [6.07, 6.45) is 0.904. The third-order valence-electron chi connectivity index (χ3n) is 3.32. The van der Waals surface area contributed by atoms with Crippen LogP contribution in [0.25, 0.3) is 11.3 Å². The number of nitrogens with zero attached hydrogens (tertiary/aromatic N) is 2. The second-order valence-corrected chi connectivity index (χ2v) is 4.68. The predicted octanol–water partition coefficient (Wildman–Crippen LogP) is 2.14. The first-order valence-electron chi connectivity index (χ1n) is 6.35. The van der Waals surface area contributed by atoms with Gasteiger partial charge in [0.15, 0.2) is 11.5 Å². The van der Waals surface area contributed by atoms with Crippen molar-refractivity contribution in [2.75, 3.05) is 18.9 Å². The zero-order valence-electron chi connectivity index (χ0n) is 11.1. The summed E-state index contributed by atoms with van der Waals surface area (Å²) in [7, 11) is 1.91. The molecule has 19 heavy (non-hydrogen) atoms. The van der Waals surface area contributed by atoms with Crippen LogP contribution in [0.15, 0.2) is 18.2 Å². The van der Waals surface area contributed by atoms with Crippen molar-refractivity contribution in [2.45, 2.75) is 13.3 Å². The van der Waals surface area contributed by atoms with Gasteiger partial charge in [-0.05, 0) is 25.1 Å². The SMILES string of the molecule is Cc1nc(N)n(C)c1-c1ccc2c(c1)OCCCO2. The number of hydrogen-bond acceptors (Lipinski definition) is 4. The van der Waals surface area contributed by atoms with Gasteiger partial charge in [-0.2, -0.15) is 0 Å². The quantitative estimate of drug-likeness (QED) is 0.852. The van der Waals surface area contributed by atoms with E-state index in [0.29, 0.717) is 19.2 Å². The number of imidazole rings is 1. The molecule has 0 bridgehead atoms. The molecule has 5 heteroatoms. The highest BCUT2D eigenvalue weighted by molar-refractivity contribution is 5.68. The molecular weight excluding hydrogens is 242 g/mol. The van der Waals surface area contributed by atoms with Crippen molar-refractivity contribution in [2.24, 2.45) is 7.05 Å². The van der Waals surface area contributed by atoms with Crippen molar-refractivity contribution in [3.8, 4) is 22.8 Å². The van der Waals surface area contributed by atoms with Crippen molar-refractivity contribution >= 4 is 5.95 Å². The molecule has 100 valence electrons. The average Bonchev–Trinajstić information content (AvgIpc) is 2.59. The first kappa shape index (κ1) is 11.9. The lowest BCUT2D eigenvalue weighted by Crippen LogP contribution is -1.99. The van der Waals surface area contributed by atoms with Crippen LogP contribution in [0.1, 0.15) is 12.1 Å². The number of anilines is 1. The largest absolute Gasteiger partial charge is 0.490 e. The van der Waals surface area contributed by atoms with E-state index in [-0.39, 0.29) is 0 Å². The number of aromatic nitrogens is 2. The summed E-state index contributed by atoms with van der Waals surface area (Å²) in [5, 5.41) is 0. The summed E-state index contributed by atoms with van der Waals surface area (Å²) >= 11 is 0. The van der Waals surface area contributed by atoms with Crippen molar-refractivity contribution < 1.29 is 9.47 Å². The van der Waals surface area contributed by atoms with Crippen LogP contribution in [0.5, 0.6) is 11.5 Å². The zero-order chi connectivity index (χ0) is 13.4. The lowest BCUT2D eigenvalue weighted by Gasteiger charge is -2.10. The zero-order valence-corrected chi connectivity index (χ0v) is 11.1. The van der Waals surface area contributed by atoms with E-state index in [1.165, 1.54) is 0 Å². The first-order chi connectivity index (χ1) is 9.16. The second-order valence-electron chi connectivity index (χ2n) is 4.68. The van der Waals surface area contributed by atoms with Crippen LogP contribution in [0.4, 0.5) is 5.95 Å². The Bertz CT molecular complexity index is 619. The highest BCUT2D eigenvalue weighted by atomic mass is 16.5. The lowest BCUT2D eigenvalue weighted by molar-refractivity contribution is 0.297. The molecule has 5 nitrogen and oxygen atoms in total. The van der Waals surface area contributed by atoms with Gasteiger partial charge in [0.1, 0.15) is 0 Å². The molecule has 1 aliphatic heterocycles. The normalized spacial score (nSPS) is 14.2. The monoisotopic (exact) mass is 259 g/mol. The molecule has 0 fully saturated rings. The van der Waals surface area contributed by atoms with E-state index in [0.717, 1.165) is 34.9 Å².